The first-order chi connectivity index (χ1) is 22.1. The number of hydrogen-bond donors (Lipinski definition) is 2. The van der Waals surface area contributed by atoms with Gasteiger partial charge in [-0.05, 0) is 83.8 Å². The number of likely N-dealkylation sites (N-methyl/N-ethyl adjacent to an activating group) is 1. The fourth-order valence-corrected chi connectivity index (χ4v) is 7.64. The molecule has 1 aromatic heterocycles. The molecule has 0 bridgehead atoms. The van der Waals surface area contributed by atoms with E-state index in [4.69, 9.17) is 5.10 Å². The largest absolute Gasteiger partial charge is 0.351 e. The molecule has 3 heterocycles. The number of piperazine rings is 1. The number of carbonyl (C=O) groups excluding carboxylic acids is 3. The van der Waals surface area contributed by atoms with Crippen molar-refractivity contribution < 1.29 is 14.4 Å². The van der Waals surface area contributed by atoms with Crippen molar-refractivity contribution in [1.29, 1.82) is 0 Å². The topological polar surface area (TPSA) is 103 Å². The van der Waals surface area contributed by atoms with Crippen molar-refractivity contribution in [1.82, 2.24) is 35.1 Å². The van der Waals surface area contributed by atoms with E-state index in [2.05, 4.69) is 29.4 Å². The highest BCUT2D eigenvalue weighted by atomic mass is 16.2. The van der Waals surface area contributed by atoms with E-state index in [0.29, 0.717) is 37.4 Å². The zero-order chi connectivity index (χ0) is 32.8. The number of benzene rings is 1. The Bertz CT molecular complexity index is 1350. The standard InChI is InChI=1S/C36H55N7O3/c1-6-7-20-42-34(45)32(24-28-11-9-8-10-12-28)38-35(46)36(42)17-21-41(22-18-36)25-31-26(2)39-43(27(31)3)30-15-13-29(14-16-30)33(44)37-19-23-40(4)5/h13-16,28,32H,6-12,17-25H2,1-5H3,(H,37,44)(H,38,46)/t32-/m0/s1. The third-order valence-corrected chi connectivity index (χ3v) is 10.6. The first kappa shape index (κ1) is 34.1. The third-order valence-electron chi connectivity index (χ3n) is 10.6. The van der Waals surface area contributed by atoms with Crippen LogP contribution in [0.1, 0.15) is 98.4 Å². The van der Waals surface area contributed by atoms with Crippen molar-refractivity contribution in [2.45, 2.75) is 103 Å². The molecule has 1 aromatic carbocycles. The summed E-state index contributed by atoms with van der Waals surface area (Å²) in [5, 5.41) is 11.0. The summed E-state index contributed by atoms with van der Waals surface area (Å²) in [6, 6.07) is 7.21. The van der Waals surface area contributed by atoms with E-state index in [1.54, 1.807) is 0 Å². The number of aromatic nitrogens is 2. The second-order valence-electron chi connectivity index (χ2n) is 14.1. The fourth-order valence-electron chi connectivity index (χ4n) is 7.64. The Balaban J connectivity index is 1.23. The van der Waals surface area contributed by atoms with Crippen LogP contribution in [0.15, 0.2) is 24.3 Å². The van der Waals surface area contributed by atoms with Crippen molar-refractivity contribution in [3.63, 3.8) is 0 Å². The van der Waals surface area contributed by atoms with Crippen molar-refractivity contribution in [2.75, 3.05) is 46.8 Å². The van der Waals surface area contributed by atoms with Crippen LogP contribution in [0.5, 0.6) is 0 Å². The molecular formula is C36H55N7O3. The van der Waals surface area contributed by atoms with Gasteiger partial charge in [0.15, 0.2) is 0 Å². The highest BCUT2D eigenvalue weighted by Crippen LogP contribution is 2.36. The predicted octanol–water partition coefficient (Wildman–Crippen LogP) is 4.21. The summed E-state index contributed by atoms with van der Waals surface area (Å²) in [6.07, 6.45) is 10.1. The minimum Gasteiger partial charge on any atom is -0.351 e. The van der Waals surface area contributed by atoms with Gasteiger partial charge in [0, 0.05) is 56.1 Å². The Hall–Kier alpha value is -3.24. The average molecular weight is 634 g/mol. The van der Waals surface area contributed by atoms with Crippen LogP contribution in [0.2, 0.25) is 0 Å². The molecule has 3 amide bonds. The minimum atomic E-state index is -0.749. The summed E-state index contributed by atoms with van der Waals surface area (Å²) in [5.41, 5.74) is 4.03. The number of unbranched alkanes of at least 4 members (excludes halogenated alkanes) is 1. The number of amides is 3. The second kappa shape index (κ2) is 15.1. The molecule has 3 fully saturated rings. The molecule has 1 atom stereocenters. The summed E-state index contributed by atoms with van der Waals surface area (Å²) in [7, 11) is 3.97. The molecule has 5 rings (SSSR count). The molecule has 10 nitrogen and oxygen atoms in total. The van der Waals surface area contributed by atoms with Gasteiger partial charge >= 0.3 is 0 Å². The second-order valence-corrected chi connectivity index (χ2v) is 14.1. The smallest absolute Gasteiger partial charge is 0.251 e. The third kappa shape index (κ3) is 7.49. The summed E-state index contributed by atoms with van der Waals surface area (Å²) < 4.78 is 1.95. The number of carbonyl (C=O) groups is 3. The Labute approximate surface area is 275 Å². The normalized spacial score (nSPS) is 20.8. The van der Waals surface area contributed by atoms with E-state index >= 15 is 0 Å². The van der Waals surface area contributed by atoms with Crippen LogP contribution in [-0.4, -0.2) is 101 Å². The SMILES string of the molecule is CCCCN1C(=O)[C@H](CC2CCCCC2)NC(=O)C12CCN(Cc1c(C)nn(-c3ccc(C(=O)NCCN(C)C)cc3)c1C)CC2. The van der Waals surface area contributed by atoms with Gasteiger partial charge in [-0.15, -0.1) is 0 Å². The monoisotopic (exact) mass is 633 g/mol. The van der Waals surface area contributed by atoms with Crippen molar-refractivity contribution in [3.05, 3.63) is 46.8 Å². The first-order valence-electron chi connectivity index (χ1n) is 17.6. The molecule has 252 valence electrons. The Morgan fingerprint density at radius 2 is 1.76 bits per heavy atom. The molecule has 46 heavy (non-hydrogen) atoms. The number of rotatable bonds is 12. The van der Waals surface area contributed by atoms with E-state index in [0.717, 1.165) is 62.5 Å². The van der Waals surface area contributed by atoms with Gasteiger partial charge in [-0.1, -0.05) is 45.4 Å². The van der Waals surface area contributed by atoms with E-state index < -0.39 is 5.54 Å². The number of likely N-dealkylation sites (tertiary alicyclic amines) is 1. The molecular weight excluding hydrogens is 578 g/mol. The van der Waals surface area contributed by atoms with Crippen LogP contribution in [0.4, 0.5) is 0 Å². The zero-order valence-corrected chi connectivity index (χ0v) is 28.7. The Kier molecular flexibility index (Phi) is 11.2. The molecule has 1 saturated carbocycles. The summed E-state index contributed by atoms with van der Waals surface area (Å²) >= 11 is 0. The van der Waals surface area contributed by atoms with Gasteiger partial charge in [-0.2, -0.15) is 5.10 Å². The predicted molar refractivity (Wildman–Crippen MR) is 181 cm³/mol. The molecule has 2 saturated heterocycles. The van der Waals surface area contributed by atoms with Gasteiger partial charge in [0.2, 0.25) is 11.8 Å². The van der Waals surface area contributed by atoms with E-state index in [1.807, 2.05) is 59.8 Å². The highest BCUT2D eigenvalue weighted by molar-refractivity contribution is 6.00. The van der Waals surface area contributed by atoms with Gasteiger partial charge in [-0.25, -0.2) is 4.68 Å². The number of piperidine rings is 1. The molecule has 2 N–H and O–H groups in total. The summed E-state index contributed by atoms with van der Waals surface area (Å²) in [5.74, 6) is 0.650. The minimum absolute atomic E-state index is 0.0543. The summed E-state index contributed by atoms with van der Waals surface area (Å²) in [4.78, 5) is 46.7. The van der Waals surface area contributed by atoms with Gasteiger partial charge in [0.25, 0.3) is 5.91 Å². The molecule has 1 aliphatic carbocycles. The molecule has 2 aliphatic heterocycles. The van der Waals surface area contributed by atoms with Crippen LogP contribution in [0, 0.1) is 19.8 Å². The maximum atomic E-state index is 13.9. The lowest BCUT2D eigenvalue weighted by Crippen LogP contribution is -2.73. The molecule has 3 aliphatic rings. The van der Waals surface area contributed by atoms with Crippen molar-refractivity contribution in [2.24, 2.45) is 5.92 Å². The van der Waals surface area contributed by atoms with Crippen molar-refractivity contribution >= 4 is 17.7 Å². The molecule has 0 unspecified atom stereocenters. The van der Waals surface area contributed by atoms with Crippen LogP contribution in [0.3, 0.4) is 0 Å². The van der Waals surface area contributed by atoms with Crippen LogP contribution >= 0.6 is 0 Å². The Morgan fingerprint density at radius 1 is 1.07 bits per heavy atom. The maximum Gasteiger partial charge on any atom is 0.251 e. The van der Waals surface area contributed by atoms with E-state index in [9.17, 15) is 14.4 Å². The lowest BCUT2D eigenvalue weighted by molar-refractivity contribution is -0.162. The molecule has 1 spiro atoms. The lowest BCUT2D eigenvalue weighted by atomic mass is 9.79. The maximum absolute atomic E-state index is 13.9. The number of aryl methyl sites for hydroxylation is 1. The van der Waals surface area contributed by atoms with Crippen LogP contribution in [-0.2, 0) is 16.1 Å². The van der Waals surface area contributed by atoms with Crippen LogP contribution in [0.25, 0.3) is 5.69 Å². The quantitative estimate of drug-likeness (QED) is 0.363. The average Bonchev–Trinajstić information content (AvgIpc) is 3.33. The van der Waals surface area contributed by atoms with Gasteiger partial charge < -0.3 is 20.4 Å². The number of nitrogens with zero attached hydrogens (tertiary/aromatic N) is 5. The van der Waals surface area contributed by atoms with Crippen LogP contribution < -0.4 is 10.6 Å². The zero-order valence-electron chi connectivity index (χ0n) is 28.7. The van der Waals surface area contributed by atoms with Gasteiger partial charge in [-0.3, -0.25) is 19.3 Å². The van der Waals surface area contributed by atoms with Gasteiger partial charge in [0.05, 0.1) is 11.4 Å². The number of nitrogens with one attached hydrogen (secondary N) is 2. The van der Waals surface area contributed by atoms with E-state index in [1.165, 1.54) is 37.7 Å². The lowest BCUT2D eigenvalue weighted by Gasteiger charge is -2.52. The fraction of sp³-hybridized carbons (Fsp3) is 0.667. The molecule has 0 radical (unpaired) electrons. The number of hydrogen-bond acceptors (Lipinski definition) is 6. The summed E-state index contributed by atoms with van der Waals surface area (Å²) in [6.45, 7) is 10.6. The first-order valence-corrected chi connectivity index (χ1v) is 17.6. The Morgan fingerprint density at radius 3 is 2.41 bits per heavy atom. The highest BCUT2D eigenvalue weighted by Gasteiger charge is 2.53. The molecule has 10 heteroatoms. The molecule has 2 aromatic rings. The van der Waals surface area contributed by atoms with Crippen molar-refractivity contribution in [3.8, 4) is 5.69 Å². The van der Waals surface area contributed by atoms with E-state index in [-0.39, 0.29) is 23.8 Å². The van der Waals surface area contributed by atoms with Gasteiger partial charge in [0.1, 0.15) is 11.6 Å².